The molecule has 7 nitrogen and oxygen atoms in total. The Labute approximate surface area is 238 Å². The third-order valence-corrected chi connectivity index (χ3v) is 8.14. The van der Waals surface area contributed by atoms with Crippen LogP contribution in [0.2, 0.25) is 10.0 Å². The van der Waals surface area contributed by atoms with Crippen molar-refractivity contribution in [3.8, 4) is 11.6 Å². The van der Waals surface area contributed by atoms with Crippen LogP contribution in [0.15, 0.2) is 42.5 Å². The minimum absolute atomic E-state index is 0.142. The number of carbonyl (C=O) groups is 1. The van der Waals surface area contributed by atoms with Gasteiger partial charge in [-0.25, -0.2) is 4.98 Å². The van der Waals surface area contributed by atoms with Gasteiger partial charge in [0.25, 0.3) is 5.91 Å². The summed E-state index contributed by atoms with van der Waals surface area (Å²) in [4.78, 5) is 20.3. The lowest BCUT2D eigenvalue weighted by atomic mass is 9.89. The van der Waals surface area contributed by atoms with Crippen LogP contribution in [-0.2, 0) is 29.0 Å². The highest BCUT2D eigenvalue weighted by Crippen LogP contribution is 2.42. The maximum Gasteiger partial charge on any atom is 0.256 e. The Kier molecular flexibility index (Phi) is 8.62. The van der Waals surface area contributed by atoms with Crippen molar-refractivity contribution >= 4 is 29.1 Å². The number of methoxy groups -OCH3 is 2. The smallest absolute Gasteiger partial charge is 0.256 e. The maximum atomic E-state index is 14.0. The van der Waals surface area contributed by atoms with Gasteiger partial charge in [0, 0.05) is 48.5 Å². The molecule has 2 aliphatic rings. The third kappa shape index (κ3) is 5.73. The van der Waals surface area contributed by atoms with Gasteiger partial charge in [-0.2, -0.15) is 0 Å². The van der Waals surface area contributed by atoms with Crippen molar-refractivity contribution in [2.24, 2.45) is 5.92 Å². The number of aryl methyl sites for hydroxylation is 1. The highest BCUT2D eigenvalue weighted by molar-refractivity contribution is 6.37. The second-order valence-electron chi connectivity index (χ2n) is 9.90. The zero-order valence-corrected chi connectivity index (χ0v) is 23.8. The van der Waals surface area contributed by atoms with Crippen LogP contribution in [0.3, 0.4) is 0 Å². The van der Waals surface area contributed by atoms with Gasteiger partial charge in [0.15, 0.2) is 0 Å². The SMILES string of the molecule is COc1cc(C)nc(OCc2ccccc2)c1CN1CCc2c(Cl)cc(C(OC)C3CCOC3)c(Cl)c2C1=O. The Hall–Kier alpha value is -2.84. The lowest BCUT2D eigenvalue weighted by Crippen LogP contribution is -2.38. The van der Waals surface area contributed by atoms with Crippen LogP contribution < -0.4 is 9.47 Å². The monoisotopic (exact) mass is 570 g/mol. The van der Waals surface area contributed by atoms with E-state index in [1.165, 1.54) is 0 Å². The van der Waals surface area contributed by atoms with Crippen molar-refractivity contribution in [2.45, 2.75) is 39.0 Å². The van der Waals surface area contributed by atoms with Gasteiger partial charge in [0.1, 0.15) is 12.4 Å². The van der Waals surface area contributed by atoms with Crippen LogP contribution in [0, 0.1) is 12.8 Å². The summed E-state index contributed by atoms with van der Waals surface area (Å²) >= 11 is 13.7. The lowest BCUT2D eigenvalue weighted by molar-refractivity contribution is 0.0443. The normalized spacial score (nSPS) is 17.7. The average molecular weight is 572 g/mol. The van der Waals surface area contributed by atoms with Gasteiger partial charge >= 0.3 is 0 Å². The number of nitrogens with zero attached hydrogens (tertiary/aromatic N) is 2. The topological polar surface area (TPSA) is 70.1 Å². The van der Waals surface area contributed by atoms with Gasteiger partial charge in [0.2, 0.25) is 5.88 Å². The predicted molar refractivity (Wildman–Crippen MR) is 150 cm³/mol. The molecule has 1 amide bonds. The molecule has 206 valence electrons. The van der Waals surface area contributed by atoms with Crippen molar-refractivity contribution in [3.05, 3.63) is 86.0 Å². The third-order valence-electron chi connectivity index (χ3n) is 7.39. The summed E-state index contributed by atoms with van der Waals surface area (Å²) < 4.78 is 23.3. The molecule has 39 heavy (non-hydrogen) atoms. The van der Waals surface area contributed by atoms with E-state index >= 15 is 0 Å². The van der Waals surface area contributed by atoms with Crippen molar-refractivity contribution in [1.82, 2.24) is 9.88 Å². The Balaban J connectivity index is 1.46. The first-order valence-electron chi connectivity index (χ1n) is 13.0. The van der Waals surface area contributed by atoms with Gasteiger partial charge in [-0.3, -0.25) is 4.79 Å². The zero-order chi connectivity index (χ0) is 27.5. The molecule has 0 saturated carbocycles. The minimum atomic E-state index is -0.314. The summed E-state index contributed by atoms with van der Waals surface area (Å²) in [7, 11) is 3.25. The first-order chi connectivity index (χ1) is 18.9. The van der Waals surface area contributed by atoms with E-state index in [9.17, 15) is 4.79 Å². The highest BCUT2D eigenvalue weighted by Gasteiger charge is 2.35. The molecule has 2 aliphatic heterocycles. The Bertz CT molecular complexity index is 1350. The molecule has 2 aromatic carbocycles. The molecule has 1 aromatic heterocycles. The van der Waals surface area contributed by atoms with Gasteiger partial charge in [-0.15, -0.1) is 0 Å². The second-order valence-corrected chi connectivity index (χ2v) is 10.7. The number of carbonyl (C=O) groups excluding carboxylic acids is 1. The lowest BCUT2D eigenvalue weighted by Gasteiger charge is -2.32. The summed E-state index contributed by atoms with van der Waals surface area (Å²) in [5.74, 6) is 0.998. The number of fused-ring (bicyclic) bond motifs is 1. The molecule has 0 N–H and O–H groups in total. The van der Waals surface area contributed by atoms with Crippen LogP contribution in [0.5, 0.6) is 11.6 Å². The number of hydrogen-bond acceptors (Lipinski definition) is 6. The fourth-order valence-corrected chi connectivity index (χ4v) is 6.05. The molecule has 1 saturated heterocycles. The summed E-state index contributed by atoms with van der Waals surface area (Å²) in [5, 5.41) is 0.914. The zero-order valence-electron chi connectivity index (χ0n) is 22.3. The number of rotatable bonds is 9. The second kappa shape index (κ2) is 12.1. The number of aromatic nitrogens is 1. The van der Waals surface area contributed by atoms with Crippen molar-refractivity contribution < 1.29 is 23.7 Å². The van der Waals surface area contributed by atoms with Gasteiger partial charge in [-0.1, -0.05) is 53.5 Å². The number of hydrogen-bond donors (Lipinski definition) is 0. The number of ether oxygens (including phenoxy) is 4. The van der Waals surface area contributed by atoms with Crippen molar-refractivity contribution in [3.63, 3.8) is 0 Å². The van der Waals surface area contributed by atoms with Crippen LogP contribution in [0.1, 0.15) is 50.8 Å². The number of pyridine rings is 1. The van der Waals surface area contributed by atoms with E-state index in [4.69, 9.17) is 42.1 Å². The van der Waals surface area contributed by atoms with Crippen molar-refractivity contribution in [1.29, 1.82) is 0 Å². The molecule has 0 spiro atoms. The summed E-state index contributed by atoms with van der Waals surface area (Å²) in [6.07, 6.45) is 1.12. The Morgan fingerprint density at radius 2 is 1.97 bits per heavy atom. The average Bonchev–Trinajstić information content (AvgIpc) is 3.47. The maximum absolute atomic E-state index is 14.0. The molecular weight excluding hydrogens is 539 g/mol. The molecule has 2 atom stereocenters. The van der Waals surface area contributed by atoms with Crippen LogP contribution >= 0.6 is 23.2 Å². The molecule has 9 heteroatoms. The molecule has 0 bridgehead atoms. The Morgan fingerprint density at radius 3 is 2.67 bits per heavy atom. The minimum Gasteiger partial charge on any atom is -0.496 e. The first kappa shape index (κ1) is 27.7. The van der Waals surface area contributed by atoms with Crippen LogP contribution in [-0.4, -0.2) is 49.8 Å². The van der Waals surface area contributed by atoms with E-state index in [-0.39, 0.29) is 24.5 Å². The van der Waals surface area contributed by atoms with Gasteiger partial charge < -0.3 is 23.8 Å². The van der Waals surface area contributed by atoms with Crippen LogP contribution in [0.25, 0.3) is 0 Å². The van der Waals surface area contributed by atoms with E-state index in [1.54, 1.807) is 19.1 Å². The van der Waals surface area contributed by atoms with Gasteiger partial charge in [0.05, 0.1) is 42.5 Å². The summed E-state index contributed by atoms with van der Waals surface area (Å²) in [6.45, 7) is 4.21. The van der Waals surface area contributed by atoms with Crippen LogP contribution in [0.4, 0.5) is 0 Å². The predicted octanol–water partition coefficient (Wildman–Crippen LogP) is 6.21. The van der Waals surface area contributed by atoms with E-state index in [0.717, 1.165) is 28.8 Å². The van der Waals surface area contributed by atoms with E-state index in [2.05, 4.69) is 4.98 Å². The molecule has 2 unspecified atom stereocenters. The number of amides is 1. The number of halogens is 2. The van der Waals surface area contributed by atoms with Crippen molar-refractivity contribution in [2.75, 3.05) is 34.0 Å². The fraction of sp³-hybridized carbons (Fsp3) is 0.400. The standard InChI is InChI=1S/C30H32Cl2N2O5/c1-18-13-25(36-2)23(29(33-18)39-16-19-7-5-4-6-8-19)15-34-11-9-21-24(31)14-22(27(32)26(21)30(34)35)28(37-3)20-10-12-38-17-20/h4-8,13-14,20,28H,9-12,15-17H2,1-3H3. The quantitative estimate of drug-likeness (QED) is 0.304. The van der Waals surface area contributed by atoms with E-state index in [1.807, 2.05) is 49.4 Å². The van der Waals surface area contributed by atoms with Gasteiger partial charge in [-0.05, 0) is 37.0 Å². The molecular formula is C30H32Cl2N2O5. The molecule has 0 radical (unpaired) electrons. The molecule has 5 rings (SSSR count). The largest absolute Gasteiger partial charge is 0.496 e. The van der Waals surface area contributed by atoms with E-state index < -0.39 is 0 Å². The molecule has 1 fully saturated rings. The molecule has 0 aliphatic carbocycles. The summed E-state index contributed by atoms with van der Waals surface area (Å²) in [6, 6.07) is 13.6. The first-order valence-corrected chi connectivity index (χ1v) is 13.8. The highest BCUT2D eigenvalue weighted by atomic mass is 35.5. The number of benzene rings is 2. The molecule has 3 heterocycles. The van der Waals surface area contributed by atoms with E-state index in [0.29, 0.717) is 65.6 Å². The fourth-order valence-electron chi connectivity index (χ4n) is 5.39. The summed E-state index contributed by atoms with van der Waals surface area (Å²) in [5.41, 5.74) is 4.39. The molecule has 3 aromatic rings. The Morgan fingerprint density at radius 1 is 1.18 bits per heavy atom.